The Labute approximate surface area is 125 Å². The van der Waals surface area contributed by atoms with Gasteiger partial charge in [-0.2, -0.15) is 5.10 Å². The lowest BCUT2D eigenvalue weighted by atomic mass is 10.2. The first-order valence-electron chi connectivity index (χ1n) is 6.61. The highest BCUT2D eigenvalue weighted by Crippen LogP contribution is 2.18. The van der Waals surface area contributed by atoms with Crippen molar-refractivity contribution in [1.29, 1.82) is 0 Å². The van der Waals surface area contributed by atoms with E-state index < -0.39 is 11.9 Å². The Morgan fingerprint density at radius 1 is 1.18 bits per heavy atom. The van der Waals surface area contributed by atoms with Crippen LogP contribution in [0.15, 0.2) is 17.0 Å². The van der Waals surface area contributed by atoms with E-state index in [4.69, 9.17) is 18.7 Å². The topological polar surface area (TPSA) is 117 Å². The first-order chi connectivity index (χ1) is 10.7. The van der Waals surface area contributed by atoms with Crippen LogP contribution in [0.5, 0.6) is 5.88 Å². The van der Waals surface area contributed by atoms with Crippen molar-refractivity contribution >= 4 is 11.9 Å². The quantitative estimate of drug-likeness (QED) is 0.761. The minimum absolute atomic E-state index is 0.0980. The molecule has 0 aliphatic rings. The lowest BCUT2D eigenvalue weighted by Gasteiger charge is -2.05. The molecule has 9 heteroatoms. The van der Waals surface area contributed by atoms with Gasteiger partial charge in [-0.15, -0.1) is 0 Å². The number of ether oxygens (including phenoxy) is 3. The van der Waals surface area contributed by atoms with E-state index in [2.05, 4.69) is 15.4 Å². The molecule has 2 aromatic rings. The second-order valence-corrected chi connectivity index (χ2v) is 4.02. The molecule has 0 aliphatic heterocycles. The molecule has 0 spiro atoms. The number of hydrogen-bond donors (Lipinski definition) is 1. The van der Waals surface area contributed by atoms with E-state index in [0.29, 0.717) is 0 Å². The normalized spacial score (nSPS) is 10.3. The molecule has 118 valence electrons. The highest BCUT2D eigenvalue weighted by Gasteiger charge is 2.20. The maximum atomic E-state index is 11.7. The molecule has 0 amide bonds. The van der Waals surface area contributed by atoms with Crippen LogP contribution in [0, 0.1) is 0 Å². The lowest BCUT2D eigenvalue weighted by Crippen LogP contribution is -2.10. The molecule has 0 radical (unpaired) electrons. The Kier molecular flexibility index (Phi) is 5.12. The highest BCUT2D eigenvalue weighted by atomic mass is 16.5. The van der Waals surface area contributed by atoms with Crippen molar-refractivity contribution in [1.82, 2.24) is 15.4 Å². The van der Waals surface area contributed by atoms with Crippen molar-refractivity contribution in [2.75, 3.05) is 13.2 Å². The van der Waals surface area contributed by atoms with Gasteiger partial charge in [0.05, 0.1) is 19.4 Å². The van der Waals surface area contributed by atoms with Gasteiger partial charge >= 0.3 is 11.9 Å². The van der Waals surface area contributed by atoms with Crippen molar-refractivity contribution < 1.29 is 28.3 Å². The van der Waals surface area contributed by atoms with Crippen molar-refractivity contribution in [3.63, 3.8) is 0 Å². The zero-order valence-corrected chi connectivity index (χ0v) is 12.1. The van der Waals surface area contributed by atoms with Crippen LogP contribution in [-0.2, 0) is 16.1 Å². The Hall–Kier alpha value is -2.84. The van der Waals surface area contributed by atoms with Crippen molar-refractivity contribution in [3.05, 3.63) is 29.3 Å². The van der Waals surface area contributed by atoms with Gasteiger partial charge in [0.25, 0.3) is 0 Å². The molecular formula is C13H15N3O6. The highest BCUT2D eigenvalue weighted by molar-refractivity contribution is 5.91. The molecule has 22 heavy (non-hydrogen) atoms. The van der Waals surface area contributed by atoms with Crippen molar-refractivity contribution in [3.8, 4) is 5.88 Å². The summed E-state index contributed by atoms with van der Waals surface area (Å²) in [5.41, 5.74) is 0.574. The number of nitrogens with one attached hydrogen (secondary N) is 1. The number of aromatic amines is 1. The Balaban J connectivity index is 2.06. The predicted molar refractivity (Wildman–Crippen MR) is 71.3 cm³/mol. The lowest BCUT2D eigenvalue weighted by molar-refractivity contribution is 0.0508. The van der Waals surface area contributed by atoms with Crippen LogP contribution >= 0.6 is 0 Å². The van der Waals surface area contributed by atoms with Crippen LogP contribution in [0.4, 0.5) is 0 Å². The summed E-state index contributed by atoms with van der Waals surface area (Å²) in [6.07, 6.45) is 2.47. The van der Waals surface area contributed by atoms with E-state index in [9.17, 15) is 9.59 Å². The van der Waals surface area contributed by atoms with E-state index >= 15 is 0 Å². The van der Waals surface area contributed by atoms with Crippen LogP contribution in [0.2, 0.25) is 0 Å². The Bertz CT molecular complexity index is 592. The number of rotatable bonds is 7. The molecule has 0 saturated carbocycles. The monoisotopic (exact) mass is 309 g/mol. The number of aromatic nitrogens is 3. The predicted octanol–water partition coefficient (Wildman–Crippen LogP) is 1.33. The van der Waals surface area contributed by atoms with E-state index in [1.165, 1.54) is 12.5 Å². The number of carbonyl (C=O) groups excluding carboxylic acids is 2. The summed E-state index contributed by atoms with van der Waals surface area (Å²) in [6.45, 7) is 3.76. The number of esters is 2. The second-order valence-electron chi connectivity index (χ2n) is 4.02. The third-order valence-electron chi connectivity index (χ3n) is 2.59. The fraction of sp³-hybridized carbons (Fsp3) is 0.385. The molecule has 0 aliphatic carbocycles. The Morgan fingerprint density at radius 3 is 2.55 bits per heavy atom. The van der Waals surface area contributed by atoms with Gasteiger partial charge in [0.2, 0.25) is 5.88 Å². The molecule has 0 unspecified atom stereocenters. The first-order valence-corrected chi connectivity index (χ1v) is 6.61. The summed E-state index contributed by atoms with van der Waals surface area (Å²) in [4.78, 5) is 23.4. The minimum atomic E-state index is -0.558. The van der Waals surface area contributed by atoms with Crippen LogP contribution < -0.4 is 4.74 Å². The number of nitrogens with zero attached hydrogens (tertiary/aromatic N) is 2. The van der Waals surface area contributed by atoms with Gasteiger partial charge in [0.1, 0.15) is 29.7 Å². The van der Waals surface area contributed by atoms with E-state index in [0.717, 1.165) is 0 Å². The minimum Gasteiger partial charge on any atom is -0.471 e. The van der Waals surface area contributed by atoms with Crippen LogP contribution in [0.1, 0.15) is 40.3 Å². The molecule has 0 saturated heterocycles. The number of H-pyrrole nitrogens is 1. The molecule has 0 atom stereocenters. The summed E-state index contributed by atoms with van der Waals surface area (Å²) in [5.74, 6) is -0.995. The third kappa shape index (κ3) is 3.43. The maximum absolute atomic E-state index is 11.7. The van der Waals surface area contributed by atoms with E-state index in [1.54, 1.807) is 13.8 Å². The van der Waals surface area contributed by atoms with Crippen LogP contribution in [0.25, 0.3) is 0 Å². The number of hydrogen-bond acceptors (Lipinski definition) is 8. The molecular weight excluding hydrogens is 294 g/mol. The van der Waals surface area contributed by atoms with Crippen LogP contribution in [-0.4, -0.2) is 40.5 Å². The Morgan fingerprint density at radius 2 is 1.86 bits per heavy atom. The van der Waals surface area contributed by atoms with Gasteiger partial charge in [-0.25, -0.2) is 14.7 Å². The van der Waals surface area contributed by atoms with Gasteiger partial charge in [0, 0.05) is 0 Å². The summed E-state index contributed by atoms with van der Waals surface area (Å²) >= 11 is 0. The standard InChI is InChI=1S/C13H15N3O6/c1-3-19-12(17)8-5-14-15-11(8)21-7-10-9(6-22-16-10)13(18)20-4-2/h5-6H,3-4,7H2,1-2H3,(H,14,15). The smallest absolute Gasteiger partial charge is 0.345 e. The molecule has 2 rings (SSSR count). The second kappa shape index (κ2) is 7.25. The molecule has 0 bridgehead atoms. The van der Waals surface area contributed by atoms with Gasteiger partial charge < -0.3 is 18.7 Å². The molecule has 1 N–H and O–H groups in total. The van der Waals surface area contributed by atoms with Crippen molar-refractivity contribution in [2.45, 2.75) is 20.5 Å². The fourth-order valence-electron chi connectivity index (χ4n) is 1.62. The zero-order valence-electron chi connectivity index (χ0n) is 12.1. The fourth-order valence-corrected chi connectivity index (χ4v) is 1.62. The molecule has 9 nitrogen and oxygen atoms in total. The number of carbonyl (C=O) groups is 2. The average molecular weight is 309 g/mol. The summed E-state index contributed by atoms with van der Waals surface area (Å²) in [7, 11) is 0. The summed E-state index contributed by atoms with van der Waals surface area (Å²) in [5, 5.41) is 9.94. The van der Waals surface area contributed by atoms with Gasteiger partial charge in [-0.1, -0.05) is 5.16 Å². The zero-order chi connectivity index (χ0) is 15.9. The third-order valence-corrected chi connectivity index (χ3v) is 2.59. The van der Waals surface area contributed by atoms with E-state index in [1.807, 2.05) is 0 Å². The molecule has 2 heterocycles. The SMILES string of the molecule is CCOC(=O)c1conc1COc1[nH]ncc1C(=O)OCC. The van der Waals surface area contributed by atoms with Gasteiger partial charge in [-0.3, -0.25) is 0 Å². The van der Waals surface area contributed by atoms with Crippen LogP contribution in [0.3, 0.4) is 0 Å². The largest absolute Gasteiger partial charge is 0.471 e. The summed E-state index contributed by atoms with van der Waals surface area (Å²) in [6, 6.07) is 0. The summed E-state index contributed by atoms with van der Waals surface area (Å²) < 4.78 is 19.9. The molecule has 0 fully saturated rings. The van der Waals surface area contributed by atoms with E-state index in [-0.39, 0.29) is 42.5 Å². The average Bonchev–Trinajstić information content (AvgIpc) is 3.14. The molecule has 2 aromatic heterocycles. The maximum Gasteiger partial charge on any atom is 0.345 e. The van der Waals surface area contributed by atoms with Gasteiger partial charge in [-0.05, 0) is 13.8 Å². The van der Waals surface area contributed by atoms with Crippen molar-refractivity contribution in [2.24, 2.45) is 0 Å². The van der Waals surface area contributed by atoms with Gasteiger partial charge in [0.15, 0.2) is 0 Å². The molecule has 0 aromatic carbocycles. The first kappa shape index (κ1) is 15.5.